The van der Waals surface area contributed by atoms with Crippen molar-refractivity contribution in [3.05, 3.63) is 27.8 Å². The zero-order valence-corrected chi connectivity index (χ0v) is 20.9. The minimum Gasteiger partial charge on any atom is -0.411 e. The van der Waals surface area contributed by atoms with Crippen molar-refractivity contribution in [1.82, 2.24) is 24.4 Å². The number of hydrogen-bond donors (Lipinski definition) is 3. The largest absolute Gasteiger partial charge is 0.411 e. The van der Waals surface area contributed by atoms with Gasteiger partial charge in [-0.3, -0.25) is 0 Å². The third-order valence-corrected chi connectivity index (χ3v) is 9.31. The molecule has 0 radical (unpaired) electrons. The number of fused-ring (bicyclic) bond motifs is 2. The van der Waals surface area contributed by atoms with Crippen molar-refractivity contribution in [2.24, 2.45) is 5.16 Å². The predicted molar refractivity (Wildman–Crippen MR) is 130 cm³/mol. The van der Waals surface area contributed by atoms with Gasteiger partial charge >= 0.3 is 0 Å². The molecule has 0 bridgehead atoms. The van der Waals surface area contributed by atoms with E-state index >= 15 is 0 Å². The molecule has 1 aromatic carbocycles. The van der Waals surface area contributed by atoms with Gasteiger partial charge in [-0.2, -0.15) is 9.29 Å². The Labute approximate surface area is 200 Å². The summed E-state index contributed by atoms with van der Waals surface area (Å²) in [6.45, 7) is 2.80. The Bertz CT molecular complexity index is 1190. The Morgan fingerprint density at radius 2 is 1.68 bits per heavy atom. The number of sulfonamides is 1. The first-order valence-electron chi connectivity index (χ1n) is 12.1. The van der Waals surface area contributed by atoms with E-state index in [4.69, 9.17) is 0 Å². The SMILES string of the molecule is C/C(=N\O)c1c2c(c(Nc3n[nH]c(S(=O)(=O)N4CCC(N(C)C)CC4)n3)c3c1CCC3)CCC2. The summed E-state index contributed by atoms with van der Waals surface area (Å²) in [5.74, 6) is 0.269. The summed E-state index contributed by atoms with van der Waals surface area (Å²) < 4.78 is 27.8. The van der Waals surface area contributed by atoms with Crippen LogP contribution >= 0.6 is 0 Å². The molecule has 3 N–H and O–H groups in total. The summed E-state index contributed by atoms with van der Waals surface area (Å²) in [6.07, 6.45) is 7.40. The number of nitrogens with one attached hydrogen (secondary N) is 2. The number of H-pyrrole nitrogens is 1. The van der Waals surface area contributed by atoms with Crippen molar-refractivity contribution in [3.63, 3.8) is 0 Å². The fraction of sp³-hybridized carbons (Fsp3) is 0.609. The van der Waals surface area contributed by atoms with Crippen LogP contribution in [0.5, 0.6) is 0 Å². The number of aromatic nitrogens is 3. The second kappa shape index (κ2) is 8.94. The molecular formula is C23H33N7O3S. The molecule has 0 saturated carbocycles. The highest BCUT2D eigenvalue weighted by molar-refractivity contribution is 7.88. The summed E-state index contributed by atoms with van der Waals surface area (Å²) in [6, 6.07) is 0.394. The molecule has 2 aromatic rings. The van der Waals surface area contributed by atoms with E-state index in [-0.39, 0.29) is 11.1 Å². The molecule has 1 aliphatic heterocycles. The van der Waals surface area contributed by atoms with Crippen LogP contribution < -0.4 is 5.32 Å². The molecule has 10 nitrogen and oxygen atoms in total. The van der Waals surface area contributed by atoms with Gasteiger partial charge in [0.15, 0.2) is 0 Å². The number of rotatable bonds is 6. The van der Waals surface area contributed by atoms with Gasteiger partial charge < -0.3 is 15.4 Å². The quantitative estimate of drug-likeness (QED) is 0.324. The first kappa shape index (κ1) is 23.3. The van der Waals surface area contributed by atoms with E-state index in [1.54, 1.807) is 0 Å². The first-order chi connectivity index (χ1) is 16.3. The maximum absolute atomic E-state index is 13.2. The molecule has 0 spiro atoms. The highest BCUT2D eigenvalue weighted by Crippen LogP contribution is 2.43. The Morgan fingerprint density at radius 3 is 2.24 bits per heavy atom. The fourth-order valence-corrected chi connectivity index (χ4v) is 7.14. The smallest absolute Gasteiger partial charge is 0.278 e. The second-order valence-electron chi connectivity index (χ2n) is 9.74. The maximum atomic E-state index is 13.2. The van der Waals surface area contributed by atoms with Gasteiger partial charge in [-0.05, 0) is 94.6 Å². The first-order valence-corrected chi connectivity index (χ1v) is 13.5. The highest BCUT2D eigenvalue weighted by Gasteiger charge is 2.34. The van der Waals surface area contributed by atoms with Crippen LogP contribution in [0.4, 0.5) is 11.6 Å². The summed E-state index contributed by atoms with van der Waals surface area (Å²) in [5, 5.41) is 23.1. The third-order valence-electron chi connectivity index (χ3n) is 7.59. The van der Waals surface area contributed by atoms with Crippen molar-refractivity contribution in [2.75, 3.05) is 32.5 Å². The lowest BCUT2D eigenvalue weighted by Crippen LogP contribution is -2.44. The predicted octanol–water partition coefficient (Wildman–Crippen LogP) is 2.44. The molecular weight excluding hydrogens is 454 g/mol. The van der Waals surface area contributed by atoms with Gasteiger partial charge in [0.1, 0.15) is 0 Å². The van der Waals surface area contributed by atoms with Crippen LogP contribution in [0.15, 0.2) is 10.3 Å². The van der Waals surface area contributed by atoms with Crippen molar-refractivity contribution in [1.29, 1.82) is 0 Å². The van der Waals surface area contributed by atoms with Crippen LogP contribution in [0, 0.1) is 0 Å². The molecule has 5 rings (SSSR count). The topological polar surface area (TPSA) is 127 Å². The number of aromatic amines is 1. The number of nitrogens with zero attached hydrogens (tertiary/aromatic N) is 5. The Hall–Kier alpha value is -2.50. The Morgan fingerprint density at radius 1 is 1.09 bits per heavy atom. The van der Waals surface area contributed by atoms with Gasteiger partial charge in [0, 0.05) is 30.4 Å². The van der Waals surface area contributed by atoms with E-state index in [0.29, 0.717) is 24.8 Å². The van der Waals surface area contributed by atoms with Crippen LogP contribution in [0.1, 0.15) is 60.4 Å². The van der Waals surface area contributed by atoms with Gasteiger partial charge in [0.05, 0.1) is 5.71 Å². The zero-order valence-electron chi connectivity index (χ0n) is 20.1. The summed E-state index contributed by atoms with van der Waals surface area (Å²) in [7, 11) is 0.333. The molecule has 34 heavy (non-hydrogen) atoms. The van der Waals surface area contributed by atoms with E-state index in [2.05, 4.69) is 30.6 Å². The zero-order chi connectivity index (χ0) is 24.0. The monoisotopic (exact) mass is 487 g/mol. The molecule has 3 aliphatic rings. The van der Waals surface area contributed by atoms with E-state index < -0.39 is 10.0 Å². The van der Waals surface area contributed by atoms with Crippen LogP contribution in [0.2, 0.25) is 0 Å². The van der Waals surface area contributed by atoms with Crippen molar-refractivity contribution >= 4 is 27.4 Å². The van der Waals surface area contributed by atoms with E-state index in [1.807, 2.05) is 21.0 Å². The number of oxime groups is 1. The van der Waals surface area contributed by atoms with Gasteiger partial charge in [-0.25, -0.2) is 13.5 Å². The molecule has 0 atom stereocenters. The van der Waals surface area contributed by atoms with Crippen LogP contribution in [-0.4, -0.2) is 76.9 Å². The van der Waals surface area contributed by atoms with E-state index in [9.17, 15) is 13.6 Å². The summed E-state index contributed by atoms with van der Waals surface area (Å²) in [4.78, 5) is 6.50. The minimum atomic E-state index is -3.72. The number of benzene rings is 1. The molecule has 1 fully saturated rings. The fourth-order valence-electron chi connectivity index (χ4n) is 5.84. The molecule has 0 amide bonds. The molecule has 1 aromatic heterocycles. The number of hydrogen-bond acceptors (Lipinski definition) is 8. The summed E-state index contributed by atoms with van der Waals surface area (Å²) in [5.41, 5.74) is 7.62. The standard InChI is InChI=1S/C23H33N7O3S/c1-14(28-31)20-16-6-4-8-18(16)21(19-9-5-7-17(19)20)24-22-25-23(27-26-22)34(32,33)30-12-10-15(11-13-30)29(2)3/h15,31H,4-13H2,1-3H3,(H2,24,25,26,27)/b28-14+. The van der Waals surface area contributed by atoms with Crippen molar-refractivity contribution in [3.8, 4) is 0 Å². The Balaban J connectivity index is 1.43. The normalized spacial score (nSPS) is 19.6. The maximum Gasteiger partial charge on any atom is 0.278 e. The molecule has 184 valence electrons. The Kier molecular flexibility index (Phi) is 6.11. The third kappa shape index (κ3) is 3.89. The molecule has 0 unspecified atom stereocenters. The lowest BCUT2D eigenvalue weighted by atomic mass is 9.90. The van der Waals surface area contributed by atoms with Crippen molar-refractivity contribution in [2.45, 2.75) is 69.5 Å². The van der Waals surface area contributed by atoms with E-state index in [0.717, 1.165) is 62.6 Å². The van der Waals surface area contributed by atoms with Crippen molar-refractivity contribution < 1.29 is 13.6 Å². The number of piperidine rings is 1. The van der Waals surface area contributed by atoms with Gasteiger partial charge in [0.2, 0.25) is 5.95 Å². The van der Waals surface area contributed by atoms with E-state index in [1.165, 1.54) is 26.6 Å². The van der Waals surface area contributed by atoms with Crippen LogP contribution in [0.25, 0.3) is 0 Å². The highest BCUT2D eigenvalue weighted by atomic mass is 32.2. The minimum absolute atomic E-state index is 0.119. The lowest BCUT2D eigenvalue weighted by molar-refractivity contribution is 0.196. The molecule has 11 heteroatoms. The van der Waals surface area contributed by atoms with Crippen LogP contribution in [0.3, 0.4) is 0 Å². The average Bonchev–Trinajstić information content (AvgIpc) is 3.59. The van der Waals surface area contributed by atoms with Gasteiger partial charge in [-0.1, -0.05) is 5.16 Å². The number of anilines is 2. The van der Waals surface area contributed by atoms with Crippen LogP contribution in [-0.2, 0) is 35.7 Å². The lowest BCUT2D eigenvalue weighted by Gasteiger charge is -2.33. The molecule has 1 saturated heterocycles. The average molecular weight is 488 g/mol. The molecule has 2 aliphatic carbocycles. The summed E-state index contributed by atoms with van der Waals surface area (Å²) >= 11 is 0. The second-order valence-corrected chi connectivity index (χ2v) is 11.6. The molecule has 2 heterocycles. The van der Waals surface area contributed by atoms with Gasteiger partial charge in [0.25, 0.3) is 15.2 Å². The van der Waals surface area contributed by atoms with Gasteiger partial charge in [-0.15, -0.1) is 5.10 Å².